The van der Waals surface area contributed by atoms with Gasteiger partial charge in [0.25, 0.3) is 0 Å². The summed E-state index contributed by atoms with van der Waals surface area (Å²) in [5.41, 5.74) is 2.65. The van der Waals surface area contributed by atoms with E-state index in [4.69, 9.17) is 0 Å². The highest BCUT2D eigenvalue weighted by molar-refractivity contribution is 5.96. The minimum atomic E-state index is -0.153. The Morgan fingerprint density at radius 2 is 1.83 bits per heavy atom. The van der Waals surface area contributed by atoms with Gasteiger partial charge in [-0.05, 0) is 37.7 Å². The van der Waals surface area contributed by atoms with E-state index in [1.165, 1.54) is 24.0 Å². The third kappa shape index (κ3) is 7.50. The van der Waals surface area contributed by atoms with Crippen LogP contribution in [0.1, 0.15) is 44.1 Å². The zero-order valence-electron chi connectivity index (χ0n) is 17.3. The molecule has 29 heavy (non-hydrogen) atoms. The number of piperazine rings is 1. The van der Waals surface area contributed by atoms with Crippen LogP contribution in [-0.4, -0.2) is 60.9 Å². The van der Waals surface area contributed by atoms with Crippen LogP contribution >= 0.6 is 0 Å². The van der Waals surface area contributed by atoms with Crippen LogP contribution in [-0.2, 0) is 9.59 Å². The second kappa shape index (κ2) is 11.6. The van der Waals surface area contributed by atoms with E-state index in [2.05, 4.69) is 40.6 Å². The van der Waals surface area contributed by atoms with Crippen LogP contribution in [0, 0.1) is 0 Å². The zero-order valence-corrected chi connectivity index (χ0v) is 17.3. The number of carbonyl (C=O) groups excluding carboxylic acids is 2. The minimum Gasteiger partial charge on any atom is -0.355 e. The summed E-state index contributed by atoms with van der Waals surface area (Å²) >= 11 is 0. The molecule has 1 saturated heterocycles. The summed E-state index contributed by atoms with van der Waals surface area (Å²) in [5.74, 6) is -0.210. The molecule has 0 spiro atoms. The average molecular weight is 396 g/mol. The van der Waals surface area contributed by atoms with Crippen LogP contribution in [0.15, 0.2) is 48.1 Å². The molecule has 1 heterocycles. The molecule has 5 nitrogen and oxygen atoms in total. The van der Waals surface area contributed by atoms with E-state index in [-0.39, 0.29) is 18.2 Å². The van der Waals surface area contributed by atoms with E-state index < -0.39 is 0 Å². The Morgan fingerprint density at radius 1 is 1.03 bits per heavy atom. The van der Waals surface area contributed by atoms with Gasteiger partial charge in [0.15, 0.2) is 0 Å². The van der Waals surface area contributed by atoms with Crippen molar-refractivity contribution in [3.05, 3.63) is 53.6 Å². The van der Waals surface area contributed by atoms with Gasteiger partial charge < -0.3 is 10.2 Å². The fourth-order valence-corrected chi connectivity index (χ4v) is 3.89. The maximum atomic E-state index is 12.4. The van der Waals surface area contributed by atoms with Gasteiger partial charge in [0, 0.05) is 39.3 Å². The van der Waals surface area contributed by atoms with Gasteiger partial charge in [-0.2, -0.15) is 0 Å². The first-order valence-electron chi connectivity index (χ1n) is 10.9. The standard InChI is InChI=1S/C24H33N3O2/c28-23(25-14-13-22-10-5-2-6-11-22)20-24(29)27-18-16-26(17-19-27)15-7-12-21-8-3-1-4-9-21/h1,3-4,7-10,12H,2,5-6,11,13-20H2,(H,25,28)/b12-7+. The van der Waals surface area contributed by atoms with E-state index in [0.29, 0.717) is 19.6 Å². The van der Waals surface area contributed by atoms with E-state index in [1.807, 2.05) is 23.1 Å². The number of rotatable bonds is 8. The quantitative estimate of drug-likeness (QED) is 0.543. The molecular formula is C24H33N3O2. The number of hydrogen-bond acceptors (Lipinski definition) is 3. The second-order valence-electron chi connectivity index (χ2n) is 7.88. The SMILES string of the molecule is O=C(CC(=O)N1CCN(C/C=C/c2ccccc2)CC1)NCCC1=CCCCC1. The van der Waals surface area contributed by atoms with Crippen molar-refractivity contribution >= 4 is 17.9 Å². The van der Waals surface area contributed by atoms with Crippen molar-refractivity contribution in [3.63, 3.8) is 0 Å². The number of carbonyl (C=O) groups is 2. The van der Waals surface area contributed by atoms with Crippen LogP contribution in [0.3, 0.4) is 0 Å². The number of allylic oxidation sites excluding steroid dienone is 1. The lowest BCUT2D eigenvalue weighted by atomic mass is 9.97. The van der Waals surface area contributed by atoms with Gasteiger partial charge >= 0.3 is 0 Å². The first kappa shape index (κ1) is 21.3. The molecule has 0 bridgehead atoms. The Morgan fingerprint density at radius 3 is 2.55 bits per heavy atom. The maximum absolute atomic E-state index is 12.4. The van der Waals surface area contributed by atoms with E-state index in [9.17, 15) is 9.59 Å². The van der Waals surface area contributed by atoms with Crippen LogP contribution in [0.4, 0.5) is 0 Å². The molecule has 1 fully saturated rings. The molecule has 0 unspecified atom stereocenters. The van der Waals surface area contributed by atoms with E-state index in [1.54, 1.807) is 0 Å². The molecule has 1 aliphatic heterocycles. The van der Waals surface area contributed by atoms with Crippen molar-refractivity contribution < 1.29 is 9.59 Å². The minimum absolute atomic E-state index is 0.0348. The number of hydrogen-bond donors (Lipinski definition) is 1. The Kier molecular flexibility index (Phi) is 8.50. The first-order chi connectivity index (χ1) is 14.2. The lowest BCUT2D eigenvalue weighted by molar-refractivity contribution is -0.137. The summed E-state index contributed by atoms with van der Waals surface area (Å²) in [6, 6.07) is 10.3. The van der Waals surface area contributed by atoms with Crippen LogP contribution in [0.5, 0.6) is 0 Å². The second-order valence-corrected chi connectivity index (χ2v) is 7.88. The summed E-state index contributed by atoms with van der Waals surface area (Å²) < 4.78 is 0. The van der Waals surface area contributed by atoms with Gasteiger partial charge in [-0.1, -0.05) is 54.1 Å². The van der Waals surface area contributed by atoms with Gasteiger partial charge in [0.2, 0.25) is 11.8 Å². The van der Waals surface area contributed by atoms with Crippen LogP contribution in [0.25, 0.3) is 6.08 Å². The molecule has 0 saturated carbocycles. The summed E-state index contributed by atoms with van der Waals surface area (Å²) in [5, 5.41) is 2.91. The van der Waals surface area contributed by atoms with Crippen LogP contribution in [0.2, 0.25) is 0 Å². The molecule has 0 atom stereocenters. The smallest absolute Gasteiger partial charge is 0.232 e. The highest BCUT2D eigenvalue weighted by Gasteiger charge is 2.22. The zero-order chi connectivity index (χ0) is 20.3. The van der Waals surface area contributed by atoms with Gasteiger partial charge in [0.1, 0.15) is 6.42 Å². The summed E-state index contributed by atoms with van der Waals surface area (Å²) in [6.45, 7) is 4.60. The van der Waals surface area contributed by atoms with Crippen molar-refractivity contribution in [2.75, 3.05) is 39.3 Å². The number of nitrogens with zero attached hydrogens (tertiary/aromatic N) is 2. The topological polar surface area (TPSA) is 52.7 Å². The predicted molar refractivity (Wildman–Crippen MR) is 117 cm³/mol. The molecule has 2 aliphatic rings. The third-order valence-electron chi connectivity index (χ3n) is 5.66. The fraction of sp³-hybridized carbons (Fsp3) is 0.500. The normalized spacial score (nSPS) is 17.9. The third-order valence-corrected chi connectivity index (χ3v) is 5.66. The summed E-state index contributed by atoms with van der Waals surface area (Å²) in [6.07, 6.45) is 12.3. The highest BCUT2D eigenvalue weighted by atomic mass is 16.2. The molecule has 1 aromatic carbocycles. The Hall–Kier alpha value is -2.40. The maximum Gasteiger partial charge on any atom is 0.232 e. The largest absolute Gasteiger partial charge is 0.355 e. The molecule has 5 heteroatoms. The number of benzene rings is 1. The van der Waals surface area contributed by atoms with E-state index >= 15 is 0 Å². The number of amides is 2. The molecule has 1 aromatic rings. The summed E-state index contributed by atoms with van der Waals surface area (Å²) in [4.78, 5) is 28.6. The van der Waals surface area contributed by atoms with Gasteiger partial charge in [-0.15, -0.1) is 0 Å². The predicted octanol–water partition coefficient (Wildman–Crippen LogP) is 3.24. The van der Waals surface area contributed by atoms with Crippen molar-refractivity contribution in [2.45, 2.75) is 38.5 Å². The van der Waals surface area contributed by atoms with E-state index in [0.717, 1.165) is 38.9 Å². The van der Waals surface area contributed by atoms with Crippen molar-refractivity contribution in [3.8, 4) is 0 Å². The fourth-order valence-electron chi connectivity index (χ4n) is 3.89. The molecule has 2 amide bonds. The lowest BCUT2D eigenvalue weighted by Crippen LogP contribution is -2.49. The molecule has 0 aromatic heterocycles. The molecule has 3 rings (SSSR count). The molecule has 0 radical (unpaired) electrons. The van der Waals surface area contributed by atoms with Crippen molar-refractivity contribution in [1.29, 1.82) is 0 Å². The molecule has 1 aliphatic carbocycles. The van der Waals surface area contributed by atoms with Gasteiger partial charge in [-0.3, -0.25) is 14.5 Å². The highest BCUT2D eigenvalue weighted by Crippen LogP contribution is 2.19. The molecule has 1 N–H and O–H groups in total. The number of nitrogens with one attached hydrogen (secondary N) is 1. The molecular weight excluding hydrogens is 362 g/mol. The monoisotopic (exact) mass is 395 g/mol. The molecule has 156 valence electrons. The Balaban J connectivity index is 1.30. The first-order valence-corrected chi connectivity index (χ1v) is 10.9. The Labute approximate surface area is 174 Å². The Bertz CT molecular complexity index is 719. The van der Waals surface area contributed by atoms with Gasteiger partial charge in [-0.25, -0.2) is 0 Å². The summed E-state index contributed by atoms with van der Waals surface area (Å²) in [7, 11) is 0. The average Bonchev–Trinajstić information content (AvgIpc) is 2.76. The lowest BCUT2D eigenvalue weighted by Gasteiger charge is -2.34. The van der Waals surface area contributed by atoms with Gasteiger partial charge in [0.05, 0.1) is 0 Å². The van der Waals surface area contributed by atoms with Crippen molar-refractivity contribution in [2.24, 2.45) is 0 Å². The van der Waals surface area contributed by atoms with Crippen molar-refractivity contribution in [1.82, 2.24) is 15.1 Å². The van der Waals surface area contributed by atoms with Crippen LogP contribution < -0.4 is 5.32 Å².